The zero-order valence-corrected chi connectivity index (χ0v) is 11.0. The first-order chi connectivity index (χ1) is 10.2. The van der Waals surface area contributed by atoms with Crippen LogP contribution in [0.25, 0.3) is 5.69 Å². The Kier molecular flexibility index (Phi) is 3.30. The predicted octanol–water partition coefficient (Wildman–Crippen LogP) is 1.50. The van der Waals surface area contributed by atoms with Gasteiger partial charge in [-0.05, 0) is 46.8 Å². The molecule has 7 heteroatoms. The quantitative estimate of drug-likeness (QED) is 0.708. The molecule has 3 rings (SSSR count). The van der Waals surface area contributed by atoms with Crippen LogP contribution in [-0.4, -0.2) is 26.1 Å². The molecule has 0 atom stereocenters. The highest BCUT2D eigenvalue weighted by atomic mass is 16.1. The number of nitrogen functional groups attached to an aromatic ring is 1. The second-order valence-electron chi connectivity index (χ2n) is 4.34. The molecule has 1 aromatic heterocycles. The molecule has 1 heterocycles. The lowest BCUT2D eigenvalue weighted by Crippen LogP contribution is -2.13. The molecule has 3 aromatic rings. The minimum absolute atomic E-state index is 0.226. The highest BCUT2D eigenvalue weighted by Gasteiger charge is 2.08. The van der Waals surface area contributed by atoms with Gasteiger partial charge in [0.15, 0.2) is 0 Å². The molecule has 21 heavy (non-hydrogen) atoms. The summed E-state index contributed by atoms with van der Waals surface area (Å²) in [6.07, 6.45) is 1.49. The molecule has 0 radical (unpaired) electrons. The molecular formula is C14H12N6O. The topological polar surface area (TPSA) is 98.7 Å². The van der Waals surface area contributed by atoms with Gasteiger partial charge in [-0.3, -0.25) is 4.79 Å². The van der Waals surface area contributed by atoms with Gasteiger partial charge >= 0.3 is 0 Å². The summed E-state index contributed by atoms with van der Waals surface area (Å²) in [6, 6.07) is 14.0. The van der Waals surface area contributed by atoms with Crippen molar-refractivity contribution in [3.8, 4) is 5.69 Å². The number of aromatic nitrogens is 4. The molecule has 104 valence electrons. The third kappa shape index (κ3) is 2.71. The number of carbonyl (C=O) groups excluding carboxylic acids is 1. The van der Waals surface area contributed by atoms with Crippen LogP contribution in [0.4, 0.5) is 11.4 Å². The Bertz CT molecular complexity index is 751. The first-order valence-electron chi connectivity index (χ1n) is 6.23. The number of rotatable bonds is 3. The number of anilines is 2. The number of nitrogens with one attached hydrogen (secondary N) is 1. The van der Waals surface area contributed by atoms with Gasteiger partial charge in [-0.1, -0.05) is 12.1 Å². The maximum Gasteiger partial charge on any atom is 0.255 e. The van der Waals surface area contributed by atoms with Crippen molar-refractivity contribution in [2.24, 2.45) is 0 Å². The van der Waals surface area contributed by atoms with E-state index in [-0.39, 0.29) is 5.91 Å². The molecule has 0 fully saturated rings. The van der Waals surface area contributed by atoms with Crippen LogP contribution in [0.5, 0.6) is 0 Å². The van der Waals surface area contributed by atoms with Crippen LogP contribution in [0.1, 0.15) is 10.4 Å². The van der Waals surface area contributed by atoms with Gasteiger partial charge in [0.05, 0.1) is 17.1 Å². The van der Waals surface area contributed by atoms with Gasteiger partial charge in [-0.15, -0.1) is 5.10 Å². The van der Waals surface area contributed by atoms with E-state index in [2.05, 4.69) is 20.8 Å². The average Bonchev–Trinajstić information content (AvgIpc) is 3.04. The molecule has 0 saturated carbocycles. The van der Waals surface area contributed by atoms with Crippen molar-refractivity contribution < 1.29 is 4.79 Å². The lowest BCUT2D eigenvalue weighted by molar-refractivity contribution is 0.102. The molecule has 3 N–H and O–H groups in total. The Morgan fingerprint density at radius 3 is 2.52 bits per heavy atom. The summed E-state index contributed by atoms with van der Waals surface area (Å²) >= 11 is 0. The second-order valence-corrected chi connectivity index (χ2v) is 4.34. The van der Waals surface area contributed by atoms with E-state index in [9.17, 15) is 4.79 Å². The Hall–Kier alpha value is -3.22. The highest BCUT2D eigenvalue weighted by Crippen LogP contribution is 2.18. The molecule has 0 aliphatic carbocycles. The van der Waals surface area contributed by atoms with E-state index in [1.807, 2.05) is 12.1 Å². The van der Waals surface area contributed by atoms with Gasteiger partial charge in [-0.25, -0.2) is 4.68 Å². The molecule has 7 nitrogen and oxygen atoms in total. The van der Waals surface area contributed by atoms with Gasteiger partial charge in [-0.2, -0.15) is 0 Å². The lowest BCUT2D eigenvalue weighted by Gasteiger charge is -2.08. The van der Waals surface area contributed by atoms with Gasteiger partial charge in [0.2, 0.25) is 0 Å². The number of tetrazole rings is 1. The minimum atomic E-state index is -0.226. The van der Waals surface area contributed by atoms with Crippen LogP contribution in [0, 0.1) is 0 Å². The fourth-order valence-corrected chi connectivity index (χ4v) is 1.85. The van der Waals surface area contributed by atoms with Gasteiger partial charge in [0, 0.05) is 5.56 Å². The fraction of sp³-hybridized carbons (Fsp3) is 0. The second kappa shape index (κ2) is 5.41. The number of hydrogen-bond acceptors (Lipinski definition) is 5. The van der Waals surface area contributed by atoms with Gasteiger partial charge in [0.25, 0.3) is 5.91 Å². The van der Waals surface area contributed by atoms with Crippen LogP contribution in [0.2, 0.25) is 0 Å². The summed E-state index contributed by atoms with van der Waals surface area (Å²) in [7, 11) is 0. The van der Waals surface area contributed by atoms with Crippen LogP contribution >= 0.6 is 0 Å². The third-order valence-electron chi connectivity index (χ3n) is 2.95. The summed E-state index contributed by atoms with van der Waals surface area (Å²) in [5.74, 6) is -0.226. The molecule has 0 aliphatic heterocycles. The number of nitrogens with two attached hydrogens (primary N) is 1. The summed E-state index contributed by atoms with van der Waals surface area (Å²) < 4.78 is 1.51. The summed E-state index contributed by atoms with van der Waals surface area (Å²) in [4.78, 5) is 12.2. The van der Waals surface area contributed by atoms with Gasteiger partial charge in [0.1, 0.15) is 6.33 Å². The normalized spacial score (nSPS) is 10.3. The number of nitrogens with zero attached hydrogens (tertiary/aromatic N) is 4. The average molecular weight is 280 g/mol. The van der Waals surface area contributed by atoms with E-state index in [1.165, 1.54) is 11.0 Å². The number of benzene rings is 2. The Labute approximate surface area is 120 Å². The summed E-state index contributed by atoms with van der Waals surface area (Å²) in [5, 5.41) is 13.7. The zero-order chi connectivity index (χ0) is 14.7. The van der Waals surface area contributed by atoms with Gasteiger partial charge < -0.3 is 11.1 Å². The molecule has 0 saturated heterocycles. The van der Waals surface area contributed by atoms with Crippen molar-refractivity contribution in [2.45, 2.75) is 0 Å². The highest BCUT2D eigenvalue weighted by molar-refractivity contribution is 6.05. The first kappa shape index (κ1) is 12.8. The monoisotopic (exact) mass is 280 g/mol. The number of carbonyl (C=O) groups is 1. The number of para-hydroxylation sites is 2. The molecule has 0 unspecified atom stereocenters. The molecular weight excluding hydrogens is 268 g/mol. The third-order valence-corrected chi connectivity index (χ3v) is 2.95. The fourth-order valence-electron chi connectivity index (χ4n) is 1.85. The summed E-state index contributed by atoms with van der Waals surface area (Å²) in [5.41, 5.74) is 8.21. The maximum atomic E-state index is 12.2. The van der Waals surface area contributed by atoms with Crippen molar-refractivity contribution in [3.63, 3.8) is 0 Å². The number of hydrogen-bond donors (Lipinski definition) is 2. The Morgan fingerprint density at radius 1 is 1.10 bits per heavy atom. The van der Waals surface area contributed by atoms with Crippen molar-refractivity contribution in [2.75, 3.05) is 11.1 Å². The van der Waals surface area contributed by atoms with E-state index in [1.54, 1.807) is 36.4 Å². The number of amides is 1. The van der Waals surface area contributed by atoms with E-state index in [0.29, 0.717) is 16.9 Å². The smallest absolute Gasteiger partial charge is 0.255 e. The molecule has 1 amide bonds. The predicted molar refractivity (Wildman–Crippen MR) is 78.0 cm³/mol. The van der Waals surface area contributed by atoms with Crippen molar-refractivity contribution in [1.29, 1.82) is 0 Å². The van der Waals surface area contributed by atoms with E-state index in [4.69, 9.17) is 5.73 Å². The first-order valence-corrected chi connectivity index (χ1v) is 6.23. The molecule has 0 aliphatic rings. The van der Waals surface area contributed by atoms with Crippen molar-refractivity contribution in [3.05, 3.63) is 60.4 Å². The minimum Gasteiger partial charge on any atom is -0.397 e. The Morgan fingerprint density at radius 2 is 1.86 bits per heavy atom. The van der Waals surface area contributed by atoms with E-state index < -0.39 is 0 Å². The molecule has 2 aromatic carbocycles. The summed E-state index contributed by atoms with van der Waals surface area (Å²) in [6.45, 7) is 0. The maximum absolute atomic E-state index is 12.2. The standard InChI is InChI=1S/C14H12N6O/c15-12-3-1-2-4-13(12)17-14(21)10-5-7-11(8-6-10)20-9-16-18-19-20/h1-9H,15H2,(H,17,21). The Balaban J connectivity index is 1.78. The zero-order valence-electron chi connectivity index (χ0n) is 11.0. The van der Waals surface area contributed by atoms with E-state index >= 15 is 0 Å². The molecule has 0 bridgehead atoms. The van der Waals surface area contributed by atoms with Crippen molar-refractivity contribution >= 4 is 17.3 Å². The van der Waals surface area contributed by atoms with Crippen LogP contribution in [-0.2, 0) is 0 Å². The molecule has 0 spiro atoms. The van der Waals surface area contributed by atoms with Crippen molar-refractivity contribution in [1.82, 2.24) is 20.2 Å². The SMILES string of the molecule is Nc1ccccc1NC(=O)c1ccc(-n2cnnn2)cc1. The lowest BCUT2D eigenvalue weighted by atomic mass is 10.2. The van der Waals surface area contributed by atoms with Crippen LogP contribution < -0.4 is 11.1 Å². The van der Waals surface area contributed by atoms with Crippen LogP contribution in [0.15, 0.2) is 54.9 Å². The van der Waals surface area contributed by atoms with Crippen LogP contribution in [0.3, 0.4) is 0 Å². The van der Waals surface area contributed by atoms with E-state index in [0.717, 1.165) is 5.69 Å². The largest absolute Gasteiger partial charge is 0.397 e.